The Morgan fingerprint density at radius 2 is 2.19 bits per heavy atom. The van der Waals surface area contributed by atoms with Crippen LogP contribution in [-0.4, -0.2) is 28.0 Å². The standard InChI is InChI=1S/C16H22N4S/c1-4-14-10-21-16(19-14)13-6-5-7-20(9-13)15-12(3)17-8-11(2)18-15/h8,10,13H,4-7,9H2,1-3H3/t13-/m0/s1. The Morgan fingerprint density at radius 1 is 1.33 bits per heavy atom. The van der Waals surface area contributed by atoms with Gasteiger partial charge in [0, 0.05) is 30.6 Å². The molecular formula is C16H22N4S. The molecule has 0 radical (unpaired) electrons. The number of hydrogen-bond acceptors (Lipinski definition) is 5. The van der Waals surface area contributed by atoms with Gasteiger partial charge in [-0.1, -0.05) is 6.92 Å². The predicted octanol–water partition coefficient (Wildman–Crippen LogP) is 3.50. The van der Waals surface area contributed by atoms with Crippen LogP contribution in [0.2, 0.25) is 0 Å². The lowest BCUT2D eigenvalue weighted by atomic mass is 9.98. The molecule has 1 atom stereocenters. The molecule has 0 N–H and O–H groups in total. The highest BCUT2D eigenvalue weighted by atomic mass is 32.1. The van der Waals surface area contributed by atoms with Crippen LogP contribution < -0.4 is 4.90 Å². The number of rotatable bonds is 3. The Bertz CT molecular complexity index is 622. The van der Waals surface area contributed by atoms with E-state index in [2.05, 4.69) is 22.2 Å². The zero-order valence-electron chi connectivity index (χ0n) is 13.0. The molecule has 1 fully saturated rings. The van der Waals surface area contributed by atoms with Crippen molar-refractivity contribution in [1.82, 2.24) is 15.0 Å². The van der Waals surface area contributed by atoms with Crippen LogP contribution in [-0.2, 0) is 6.42 Å². The molecule has 3 heterocycles. The highest BCUT2D eigenvalue weighted by molar-refractivity contribution is 7.09. The first-order chi connectivity index (χ1) is 10.2. The van der Waals surface area contributed by atoms with E-state index in [9.17, 15) is 0 Å². The number of piperidine rings is 1. The first kappa shape index (κ1) is 14.4. The summed E-state index contributed by atoms with van der Waals surface area (Å²) in [5, 5.41) is 3.49. The van der Waals surface area contributed by atoms with E-state index in [1.165, 1.54) is 23.5 Å². The molecule has 112 valence electrons. The van der Waals surface area contributed by atoms with Crippen molar-refractivity contribution in [3.63, 3.8) is 0 Å². The van der Waals surface area contributed by atoms with Crippen LogP contribution in [0.3, 0.4) is 0 Å². The van der Waals surface area contributed by atoms with Crippen molar-refractivity contribution >= 4 is 17.2 Å². The quantitative estimate of drug-likeness (QED) is 0.870. The number of thiazole rings is 1. The smallest absolute Gasteiger partial charge is 0.150 e. The van der Waals surface area contributed by atoms with E-state index in [-0.39, 0.29) is 0 Å². The van der Waals surface area contributed by atoms with Gasteiger partial charge >= 0.3 is 0 Å². The minimum atomic E-state index is 0.533. The maximum atomic E-state index is 4.78. The molecule has 1 aliphatic heterocycles. The maximum Gasteiger partial charge on any atom is 0.150 e. The minimum Gasteiger partial charge on any atom is -0.354 e. The Hall–Kier alpha value is -1.49. The number of aromatic nitrogens is 3. The fraction of sp³-hybridized carbons (Fsp3) is 0.562. The summed E-state index contributed by atoms with van der Waals surface area (Å²) in [5.74, 6) is 1.58. The largest absolute Gasteiger partial charge is 0.354 e. The molecule has 1 saturated heterocycles. The van der Waals surface area contributed by atoms with Gasteiger partial charge in [0.25, 0.3) is 0 Å². The molecular weight excluding hydrogens is 280 g/mol. The fourth-order valence-electron chi connectivity index (χ4n) is 2.87. The van der Waals surface area contributed by atoms with E-state index in [0.29, 0.717) is 5.92 Å². The Kier molecular flexibility index (Phi) is 4.19. The molecule has 0 aliphatic carbocycles. The average molecular weight is 302 g/mol. The van der Waals surface area contributed by atoms with Gasteiger partial charge in [-0.25, -0.2) is 9.97 Å². The second kappa shape index (κ2) is 6.10. The molecule has 0 amide bonds. The average Bonchev–Trinajstić information content (AvgIpc) is 2.99. The summed E-state index contributed by atoms with van der Waals surface area (Å²) in [4.78, 5) is 16.3. The third kappa shape index (κ3) is 3.07. The van der Waals surface area contributed by atoms with Crippen molar-refractivity contribution < 1.29 is 0 Å². The number of nitrogens with zero attached hydrogens (tertiary/aromatic N) is 4. The SMILES string of the molecule is CCc1csc([C@H]2CCCN(c3nc(C)cnc3C)C2)n1. The summed E-state index contributed by atoms with van der Waals surface area (Å²) in [7, 11) is 0. The molecule has 3 rings (SSSR count). The highest BCUT2D eigenvalue weighted by Crippen LogP contribution is 2.31. The first-order valence-corrected chi connectivity index (χ1v) is 8.54. The fourth-order valence-corrected chi connectivity index (χ4v) is 3.90. The predicted molar refractivity (Wildman–Crippen MR) is 87.2 cm³/mol. The van der Waals surface area contributed by atoms with E-state index in [1.807, 2.05) is 31.4 Å². The second-order valence-electron chi connectivity index (χ2n) is 5.74. The van der Waals surface area contributed by atoms with Crippen LogP contribution in [0.4, 0.5) is 5.82 Å². The van der Waals surface area contributed by atoms with E-state index < -0.39 is 0 Å². The summed E-state index contributed by atoms with van der Waals surface area (Å²) in [6.07, 6.45) is 5.29. The lowest BCUT2D eigenvalue weighted by molar-refractivity contribution is 0.503. The number of hydrogen-bond donors (Lipinski definition) is 0. The molecule has 5 heteroatoms. The molecule has 4 nitrogen and oxygen atoms in total. The molecule has 21 heavy (non-hydrogen) atoms. The zero-order valence-corrected chi connectivity index (χ0v) is 13.8. The maximum absolute atomic E-state index is 4.78. The summed E-state index contributed by atoms with van der Waals surface area (Å²) < 4.78 is 0. The van der Waals surface area contributed by atoms with Crippen LogP contribution in [0, 0.1) is 13.8 Å². The van der Waals surface area contributed by atoms with Gasteiger partial charge < -0.3 is 4.90 Å². The van der Waals surface area contributed by atoms with Gasteiger partial charge in [-0.05, 0) is 33.1 Å². The van der Waals surface area contributed by atoms with Gasteiger partial charge in [0.1, 0.15) is 5.82 Å². The van der Waals surface area contributed by atoms with Crippen molar-refractivity contribution in [2.45, 2.75) is 46.0 Å². The van der Waals surface area contributed by atoms with Gasteiger partial charge in [-0.15, -0.1) is 11.3 Å². The van der Waals surface area contributed by atoms with Gasteiger partial charge in [0.2, 0.25) is 0 Å². The van der Waals surface area contributed by atoms with Gasteiger partial charge in [0.05, 0.1) is 22.1 Å². The van der Waals surface area contributed by atoms with Crippen molar-refractivity contribution in [2.75, 3.05) is 18.0 Å². The second-order valence-corrected chi connectivity index (χ2v) is 6.63. The Labute approximate surface area is 130 Å². The third-order valence-electron chi connectivity index (χ3n) is 4.05. The zero-order chi connectivity index (χ0) is 14.8. The third-order valence-corrected chi connectivity index (χ3v) is 5.11. The van der Waals surface area contributed by atoms with Crippen molar-refractivity contribution in [1.29, 1.82) is 0 Å². The van der Waals surface area contributed by atoms with Crippen molar-refractivity contribution in [3.05, 3.63) is 33.7 Å². The molecule has 0 spiro atoms. The minimum absolute atomic E-state index is 0.533. The van der Waals surface area contributed by atoms with Gasteiger partial charge in [0.15, 0.2) is 0 Å². The van der Waals surface area contributed by atoms with E-state index in [0.717, 1.165) is 36.7 Å². The van der Waals surface area contributed by atoms with Crippen LogP contribution in [0.15, 0.2) is 11.6 Å². The lowest BCUT2D eigenvalue weighted by Gasteiger charge is -2.33. The van der Waals surface area contributed by atoms with E-state index in [1.54, 1.807) is 0 Å². The molecule has 0 bridgehead atoms. The van der Waals surface area contributed by atoms with Crippen molar-refractivity contribution in [2.24, 2.45) is 0 Å². The molecule has 0 unspecified atom stereocenters. The normalized spacial score (nSPS) is 19.0. The van der Waals surface area contributed by atoms with Crippen LogP contribution >= 0.6 is 11.3 Å². The summed E-state index contributed by atoms with van der Waals surface area (Å²) in [6, 6.07) is 0. The van der Waals surface area contributed by atoms with E-state index >= 15 is 0 Å². The number of anilines is 1. The monoisotopic (exact) mass is 302 g/mol. The Balaban J connectivity index is 1.80. The summed E-state index contributed by atoms with van der Waals surface area (Å²) >= 11 is 1.81. The molecule has 1 aliphatic rings. The summed E-state index contributed by atoms with van der Waals surface area (Å²) in [6.45, 7) is 8.30. The Morgan fingerprint density at radius 3 is 2.95 bits per heavy atom. The first-order valence-electron chi connectivity index (χ1n) is 7.67. The van der Waals surface area contributed by atoms with E-state index in [4.69, 9.17) is 9.97 Å². The summed E-state index contributed by atoms with van der Waals surface area (Å²) in [5.41, 5.74) is 3.23. The van der Waals surface area contributed by atoms with Gasteiger partial charge in [-0.3, -0.25) is 4.98 Å². The van der Waals surface area contributed by atoms with Gasteiger partial charge in [-0.2, -0.15) is 0 Å². The van der Waals surface area contributed by atoms with Crippen LogP contribution in [0.5, 0.6) is 0 Å². The highest BCUT2D eigenvalue weighted by Gasteiger charge is 2.25. The van der Waals surface area contributed by atoms with Crippen LogP contribution in [0.25, 0.3) is 0 Å². The topological polar surface area (TPSA) is 41.9 Å². The number of aryl methyl sites for hydroxylation is 3. The van der Waals surface area contributed by atoms with Crippen molar-refractivity contribution in [3.8, 4) is 0 Å². The molecule has 0 saturated carbocycles. The molecule has 0 aromatic carbocycles. The van der Waals surface area contributed by atoms with Crippen LogP contribution in [0.1, 0.15) is 47.8 Å². The lowest BCUT2D eigenvalue weighted by Crippen LogP contribution is -2.35. The molecule has 2 aromatic rings. The molecule has 2 aromatic heterocycles.